The van der Waals surface area contributed by atoms with Crippen LogP contribution in [0.4, 0.5) is 0 Å². The summed E-state index contributed by atoms with van der Waals surface area (Å²) in [5.41, 5.74) is 1.34. The molecule has 18 heavy (non-hydrogen) atoms. The molecule has 94 valence electrons. The van der Waals surface area contributed by atoms with Gasteiger partial charge in [-0.1, -0.05) is 12.1 Å². The van der Waals surface area contributed by atoms with Gasteiger partial charge in [-0.3, -0.25) is 4.79 Å². The molecule has 1 N–H and O–H groups in total. The average Bonchev–Trinajstić information content (AvgIpc) is 2.82. The largest absolute Gasteiger partial charge is 0.351 e. The van der Waals surface area contributed by atoms with Crippen LogP contribution in [-0.4, -0.2) is 28.0 Å². The third kappa shape index (κ3) is 2.94. The summed E-state index contributed by atoms with van der Waals surface area (Å²) in [6.45, 7) is 0.541. The lowest BCUT2D eigenvalue weighted by Crippen LogP contribution is -2.26. The van der Waals surface area contributed by atoms with Gasteiger partial charge in [0.25, 0.3) is 5.91 Å². The minimum atomic E-state index is -0.119. The fraction of sp³-hybridized carbons (Fsp3) is 0.167. The van der Waals surface area contributed by atoms with Gasteiger partial charge < -0.3 is 5.32 Å². The highest BCUT2D eigenvalue weighted by atomic mass is 79.9. The fourth-order valence-electron chi connectivity index (χ4n) is 1.56. The van der Waals surface area contributed by atoms with E-state index in [1.807, 2.05) is 24.4 Å². The SMILES string of the molecule is O=C(NCCS)c1ccccc1-n1cc(Br)cn1. The van der Waals surface area contributed by atoms with E-state index < -0.39 is 0 Å². The molecular formula is C12H12BrN3OS. The minimum Gasteiger partial charge on any atom is -0.351 e. The van der Waals surface area contributed by atoms with Crippen molar-refractivity contribution in [3.63, 3.8) is 0 Å². The van der Waals surface area contributed by atoms with Gasteiger partial charge in [-0.05, 0) is 28.1 Å². The van der Waals surface area contributed by atoms with Gasteiger partial charge in [0.1, 0.15) is 0 Å². The monoisotopic (exact) mass is 325 g/mol. The summed E-state index contributed by atoms with van der Waals surface area (Å²) in [4.78, 5) is 12.0. The van der Waals surface area contributed by atoms with Crippen LogP contribution in [0.5, 0.6) is 0 Å². The molecule has 1 aromatic carbocycles. The summed E-state index contributed by atoms with van der Waals surface area (Å²) in [7, 11) is 0. The smallest absolute Gasteiger partial charge is 0.253 e. The molecule has 0 aliphatic rings. The number of hydrogen-bond acceptors (Lipinski definition) is 3. The summed E-state index contributed by atoms with van der Waals surface area (Å²) in [6.07, 6.45) is 3.49. The number of thiol groups is 1. The highest BCUT2D eigenvalue weighted by Gasteiger charge is 2.12. The average molecular weight is 326 g/mol. The normalized spacial score (nSPS) is 10.3. The maximum absolute atomic E-state index is 12.0. The number of nitrogens with one attached hydrogen (secondary N) is 1. The van der Waals surface area contributed by atoms with Crippen LogP contribution in [0, 0.1) is 0 Å². The first-order valence-corrected chi connectivity index (χ1v) is 6.83. The van der Waals surface area contributed by atoms with E-state index in [9.17, 15) is 4.79 Å². The molecule has 0 radical (unpaired) electrons. The fourth-order valence-corrected chi connectivity index (χ4v) is 1.96. The van der Waals surface area contributed by atoms with E-state index in [1.54, 1.807) is 16.9 Å². The number of para-hydroxylation sites is 1. The molecule has 0 spiro atoms. The van der Waals surface area contributed by atoms with Crippen molar-refractivity contribution < 1.29 is 4.79 Å². The first kappa shape index (κ1) is 13.2. The van der Waals surface area contributed by atoms with Crippen LogP contribution in [0.2, 0.25) is 0 Å². The highest BCUT2D eigenvalue weighted by molar-refractivity contribution is 9.10. The van der Waals surface area contributed by atoms with Crippen molar-refractivity contribution in [2.75, 3.05) is 12.3 Å². The van der Waals surface area contributed by atoms with Crippen molar-refractivity contribution in [1.82, 2.24) is 15.1 Å². The second-order valence-corrected chi connectivity index (χ2v) is 4.96. The molecular weight excluding hydrogens is 314 g/mol. The predicted molar refractivity (Wildman–Crippen MR) is 77.5 cm³/mol. The van der Waals surface area contributed by atoms with Crippen LogP contribution in [0.1, 0.15) is 10.4 Å². The van der Waals surface area contributed by atoms with E-state index in [-0.39, 0.29) is 5.91 Å². The molecule has 0 saturated carbocycles. The zero-order valence-electron chi connectivity index (χ0n) is 9.51. The van der Waals surface area contributed by atoms with Crippen LogP contribution in [0.15, 0.2) is 41.1 Å². The Bertz CT molecular complexity index is 556. The summed E-state index contributed by atoms with van der Waals surface area (Å²) in [5, 5.41) is 6.98. The number of benzene rings is 1. The number of carbonyl (C=O) groups excluding carboxylic acids is 1. The van der Waals surface area contributed by atoms with E-state index in [0.29, 0.717) is 17.9 Å². The van der Waals surface area contributed by atoms with Crippen molar-refractivity contribution in [2.45, 2.75) is 0 Å². The first-order chi connectivity index (χ1) is 8.72. The number of hydrogen-bond donors (Lipinski definition) is 2. The molecule has 0 fully saturated rings. The Morgan fingerprint density at radius 2 is 2.22 bits per heavy atom. The van der Waals surface area contributed by atoms with Crippen LogP contribution < -0.4 is 5.32 Å². The lowest BCUT2D eigenvalue weighted by Gasteiger charge is -2.09. The van der Waals surface area contributed by atoms with Gasteiger partial charge in [-0.15, -0.1) is 0 Å². The van der Waals surface area contributed by atoms with Crippen molar-refractivity contribution in [2.24, 2.45) is 0 Å². The van der Waals surface area contributed by atoms with Crippen molar-refractivity contribution in [3.8, 4) is 5.69 Å². The van der Waals surface area contributed by atoms with Gasteiger partial charge in [0.05, 0.1) is 21.9 Å². The van der Waals surface area contributed by atoms with Crippen LogP contribution in [0.25, 0.3) is 5.69 Å². The predicted octanol–water partition coefficient (Wildman–Crippen LogP) is 2.29. The summed E-state index contributed by atoms with van der Waals surface area (Å²) in [6, 6.07) is 7.34. The van der Waals surface area contributed by atoms with E-state index in [0.717, 1.165) is 10.2 Å². The topological polar surface area (TPSA) is 46.9 Å². The van der Waals surface area contributed by atoms with Crippen LogP contribution in [0.3, 0.4) is 0 Å². The van der Waals surface area contributed by atoms with Crippen molar-refractivity contribution in [3.05, 3.63) is 46.7 Å². The van der Waals surface area contributed by atoms with Gasteiger partial charge in [0, 0.05) is 18.5 Å². The molecule has 2 aromatic rings. The van der Waals surface area contributed by atoms with Crippen LogP contribution in [-0.2, 0) is 0 Å². The number of nitrogens with zero attached hydrogens (tertiary/aromatic N) is 2. The molecule has 2 rings (SSSR count). The third-order valence-electron chi connectivity index (χ3n) is 2.34. The molecule has 0 aliphatic carbocycles. The molecule has 0 bridgehead atoms. The number of halogens is 1. The Hall–Kier alpha value is -1.27. The Balaban J connectivity index is 2.34. The third-order valence-corrected chi connectivity index (χ3v) is 2.98. The molecule has 1 heterocycles. The second kappa shape index (κ2) is 6.06. The molecule has 1 amide bonds. The quantitative estimate of drug-likeness (QED) is 0.847. The molecule has 0 aliphatic heterocycles. The van der Waals surface area contributed by atoms with Gasteiger partial charge in [0.15, 0.2) is 0 Å². The molecule has 0 unspecified atom stereocenters. The van der Waals surface area contributed by atoms with E-state index in [2.05, 4.69) is 39.0 Å². The van der Waals surface area contributed by atoms with Gasteiger partial charge >= 0.3 is 0 Å². The standard InChI is InChI=1S/C12H12BrN3OS/c13-9-7-15-16(8-9)11-4-2-1-3-10(11)12(17)14-5-6-18/h1-4,7-8,18H,5-6H2,(H,14,17). The molecule has 1 aromatic heterocycles. The van der Waals surface area contributed by atoms with Crippen LogP contribution >= 0.6 is 28.6 Å². The Kier molecular flexibility index (Phi) is 4.43. The number of aromatic nitrogens is 2. The minimum absolute atomic E-state index is 0.119. The molecule has 0 saturated heterocycles. The summed E-state index contributed by atoms with van der Waals surface area (Å²) < 4.78 is 2.53. The van der Waals surface area contributed by atoms with E-state index >= 15 is 0 Å². The first-order valence-electron chi connectivity index (χ1n) is 5.41. The molecule has 0 atom stereocenters. The molecule has 6 heteroatoms. The summed E-state index contributed by atoms with van der Waals surface area (Å²) >= 11 is 7.41. The zero-order valence-corrected chi connectivity index (χ0v) is 12.0. The lowest BCUT2D eigenvalue weighted by atomic mass is 10.1. The van der Waals surface area contributed by atoms with Gasteiger partial charge in [-0.2, -0.15) is 17.7 Å². The van der Waals surface area contributed by atoms with E-state index in [1.165, 1.54) is 0 Å². The summed E-state index contributed by atoms with van der Waals surface area (Å²) in [5.74, 6) is 0.493. The number of rotatable bonds is 4. The maximum Gasteiger partial charge on any atom is 0.253 e. The number of amides is 1. The molecule has 4 nitrogen and oxygen atoms in total. The Morgan fingerprint density at radius 3 is 2.89 bits per heavy atom. The van der Waals surface area contributed by atoms with E-state index in [4.69, 9.17) is 0 Å². The van der Waals surface area contributed by atoms with Gasteiger partial charge in [0.2, 0.25) is 0 Å². The Morgan fingerprint density at radius 1 is 1.44 bits per heavy atom. The Labute approximate surface area is 119 Å². The highest BCUT2D eigenvalue weighted by Crippen LogP contribution is 2.16. The number of carbonyl (C=O) groups is 1. The lowest BCUT2D eigenvalue weighted by molar-refractivity contribution is 0.0956. The zero-order chi connectivity index (χ0) is 13.0. The second-order valence-electron chi connectivity index (χ2n) is 3.60. The van der Waals surface area contributed by atoms with Gasteiger partial charge in [-0.25, -0.2) is 4.68 Å². The van der Waals surface area contributed by atoms with Crippen molar-refractivity contribution in [1.29, 1.82) is 0 Å². The van der Waals surface area contributed by atoms with Crippen molar-refractivity contribution >= 4 is 34.5 Å². The maximum atomic E-state index is 12.0.